The summed E-state index contributed by atoms with van der Waals surface area (Å²) in [5.74, 6) is -0.494. The summed E-state index contributed by atoms with van der Waals surface area (Å²) >= 11 is 11.5. The summed E-state index contributed by atoms with van der Waals surface area (Å²) in [6.45, 7) is 1.80. The van der Waals surface area contributed by atoms with Gasteiger partial charge >= 0.3 is 0 Å². The molecule has 0 aromatic heterocycles. The van der Waals surface area contributed by atoms with Crippen LogP contribution in [0.1, 0.15) is 30.1 Å². The second-order valence-corrected chi connectivity index (χ2v) is 4.92. The van der Waals surface area contributed by atoms with E-state index in [0.29, 0.717) is 12.8 Å². The van der Waals surface area contributed by atoms with Crippen LogP contribution in [0.5, 0.6) is 0 Å². The highest BCUT2D eigenvalue weighted by atomic mass is 35.5. The van der Waals surface area contributed by atoms with E-state index < -0.39 is 16.5 Å². The number of nitro benzene ring substituents is 1. The molecule has 0 bridgehead atoms. The van der Waals surface area contributed by atoms with E-state index in [2.05, 4.69) is 5.32 Å². The number of aliphatic hydroxyl groups excluding tert-OH is 1. The number of aliphatic hydroxyl groups is 1. The molecular weight excluding hydrogens is 307 g/mol. The number of hydrogen-bond acceptors (Lipinski definition) is 4. The second-order valence-electron chi connectivity index (χ2n) is 4.14. The number of carbonyl (C=O) groups is 1. The number of hydrogen-bond donors (Lipinski definition) is 2. The average molecular weight is 321 g/mol. The Labute approximate surface area is 125 Å². The zero-order valence-electron chi connectivity index (χ0n) is 10.7. The maximum Gasteiger partial charge on any atom is 0.290 e. The molecule has 0 aliphatic carbocycles. The molecule has 0 saturated heterocycles. The third-order valence-corrected chi connectivity index (χ3v) is 3.57. The van der Waals surface area contributed by atoms with Crippen LogP contribution < -0.4 is 5.32 Å². The van der Waals surface area contributed by atoms with Crippen molar-refractivity contribution in [2.24, 2.45) is 0 Å². The zero-order valence-corrected chi connectivity index (χ0v) is 12.2. The van der Waals surface area contributed by atoms with Crippen LogP contribution in [0, 0.1) is 10.1 Å². The number of amides is 1. The van der Waals surface area contributed by atoms with E-state index in [4.69, 9.17) is 28.3 Å². The van der Waals surface area contributed by atoms with Crippen molar-refractivity contribution in [3.05, 3.63) is 37.9 Å². The minimum atomic E-state index is -0.698. The molecule has 0 spiro atoms. The minimum absolute atomic E-state index is 0.0544. The van der Waals surface area contributed by atoms with Gasteiger partial charge in [-0.25, -0.2) is 0 Å². The van der Waals surface area contributed by atoms with Gasteiger partial charge < -0.3 is 10.4 Å². The van der Waals surface area contributed by atoms with Crippen LogP contribution in [0.4, 0.5) is 5.69 Å². The quantitative estimate of drug-likeness (QED) is 0.622. The van der Waals surface area contributed by atoms with E-state index in [1.807, 2.05) is 6.92 Å². The van der Waals surface area contributed by atoms with Crippen molar-refractivity contribution in [2.75, 3.05) is 6.61 Å². The topological polar surface area (TPSA) is 92.5 Å². The Kier molecular flexibility index (Phi) is 6.19. The van der Waals surface area contributed by atoms with E-state index in [1.165, 1.54) is 6.07 Å². The predicted octanol–water partition coefficient (Wildman–Crippen LogP) is 2.79. The van der Waals surface area contributed by atoms with Crippen LogP contribution >= 0.6 is 23.2 Å². The van der Waals surface area contributed by atoms with Crippen molar-refractivity contribution in [1.29, 1.82) is 0 Å². The van der Waals surface area contributed by atoms with Gasteiger partial charge in [-0.2, -0.15) is 0 Å². The SMILES string of the molecule is CCC(CCO)NC(=O)c1cc(Cl)c(Cl)c([N+](=O)[O-])c1. The molecule has 2 N–H and O–H groups in total. The lowest BCUT2D eigenvalue weighted by molar-refractivity contribution is -0.384. The summed E-state index contributed by atoms with van der Waals surface area (Å²) < 4.78 is 0. The number of rotatable bonds is 6. The highest BCUT2D eigenvalue weighted by molar-refractivity contribution is 6.43. The molecule has 1 rings (SSSR count). The minimum Gasteiger partial charge on any atom is -0.396 e. The highest BCUT2D eigenvalue weighted by Gasteiger charge is 2.21. The Hall–Kier alpha value is -1.37. The third-order valence-electron chi connectivity index (χ3n) is 2.77. The molecule has 0 aliphatic heterocycles. The molecule has 1 amide bonds. The molecule has 1 unspecified atom stereocenters. The lowest BCUT2D eigenvalue weighted by Gasteiger charge is -2.15. The maximum atomic E-state index is 12.0. The van der Waals surface area contributed by atoms with Crippen LogP contribution in [0.15, 0.2) is 12.1 Å². The lowest BCUT2D eigenvalue weighted by Crippen LogP contribution is -2.35. The Morgan fingerprint density at radius 2 is 2.15 bits per heavy atom. The summed E-state index contributed by atoms with van der Waals surface area (Å²) in [5, 5.41) is 22.1. The first-order valence-corrected chi connectivity index (χ1v) is 6.71. The lowest BCUT2D eigenvalue weighted by atomic mass is 10.1. The first-order chi connectivity index (χ1) is 9.40. The number of halogens is 2. The van der Waals surface area contributed by atoms with Gasteiger partial charge in [0.05, 0.1) is 9.95 Å². The molecule has 8 heteroatoms. The van der Waals surface area contributed by atoms with Gasteiger partial charge in [0, 0.05) is 24.3 Å². The monoisotopic (exact) mass is 320 g/mol. The van der Waals surface area contributed by atoms with E-state index in [0.717, 1.165) is 6.07 Å². The van der Waals surface area contributed by atoms with Crippen molar-refractivity contribution >= 4 is 34.8 Å². The van der Waals surface area contributed by atoms with Crippen LogP contribution in [-0.2, 0) is 0 Å². The Morgan fingerprint density at radius 1 is 1.50 bits per heavy atom. The number of nitrogens with one attached hydrogen (secondary N) is 1. The van der Waals surface area contributed by atoms with Gasteiger partial charge in [0.15, 0.2) is 0 Å². The molecule has 0 aliphatic rings. The zero-order chi connectivity index (χ0) is 15.3. The number of carbonyl (C=O) groups excluding carboxylic acids is 1. The average Bonchev–Trinajstić information content (AvgIpc) is 2.40. The van der Waals surface area contributed by atoms with Gasteiger partial charge in [0.2, 0.25) is 0 Å². The molecule has 0 heterocycles. The predicted molar refractivity (Wildman–Crippen MR) is 76.4 cm³/mol. The standard InChI is InChI=1S/C12H14Cl2N2O4/c1-2-8(3-4-17)15-12(18)7-5-9(13)11(14)10(6-7)16(19)20/h5-6,8,17H,2-4H2,1H3,(H,15,18). The first kappa shape index (κ1) is 16.7. The van der Waals surface area contributed by atoms with Crippen LogP contribution in [0.25, 0.3) is 0 Å². The molecule has 0 fully saturated rings. The molecule has 110 valence electrons. The number of nitro groups is 1. The molecule has 1 aromatic rings. The fourth-order valence-electron chi connectivity index (χ4n) is 1.64. The van der Waals surface area contributed by atoms with Crippen LogP contribution in [0.2, 0.25) is 10.0 Å². The fraction of sp³-hybridized carbons (Fsp3) is 0.417. The van der Waals surface area contributed by atoms with E-state index in [-0.39, 0.29) is 28.3 Å². The van der Waals surface area contributed by atoms with Crippen LogP contribution in [-0.4, -0.2) is 28.6 Å². The molecule has 6 nitrogen and oxygen atoms in total. The van der Waals surface area contributed by atoms with Gasteiger partial charge in [-0.1, -0.05) is 30.1 Å². The first-order valence-electron chi connectivity index (χ1n) is 5.95. The van der Waals surface area contributed by atoms with Crippen molar-refractivity contribution in [1.82, 2.24) is 5.32 Å². The van der Waals surface area contributed by atoms with E-state index >= 15 is 0 Å². The largest absolute Gasteiger partial charge is 0.396 e. The number of nitrogens with zero attached hydrogens (tertiary/aromatic N) is 1. The van der Waals surface area contributed by atoms with Gasteiger partial charge in [-0.05, 0) is 18.9 Å². The third kappa shape index (κ3) is 4.06. The normalized spacial score (nSPS) is 12.0. The molecular formula is C12H14Cl2N2O4. The van der Waals surface area contributed by atoms with Gasteiger partial charge in [0.1, 0.15) is 5.02 Å². The summed E-state index contributed by atoms with van der Waals surface area (Å²) in [6, 6.07) is 2.15. The molecule has 0 saturated carbocycles. The van der Waals surface area contributed by atoms with Gasteiger partial charge in [-0.3, -0.25) is 14.9 Å². The summed E-state index contributed by atoms with van der Waals surface area (Å²) in [7, 11) is 0. The summed E-state index contributed by atoms with van der Waals surface area (Å²) in [5.41, 5.74) is -0.359. The Balaban J connectivity index is 3.02. The van der Waals surface area contributed by atoms with Crippen molar-refractivity contribution in [3.8, 4) is 0 Å². The number of benzene rings is 1. The van der Waals surface area contributed by atoms with Gasteiger partial charge in [0.25, 0.3) is 11.6 Å². The second kappa shape index (κ2) is 7.42. The summed E-state index contributed by atoms with van der Waals surface area (Å²) in [4.78, 5) is 22.1. The Morgan fingerprint density at radius 3 is 2.65 bits per heavy atom. The van der Waals surface area contributed by atoms with Crippen molar-refractivity contribution < 1.29 is 14.8 Å². The molecule has 1 aromatic carbocycles. The highest BCUT2D eigenvalue weighted by Crippen LogP contribution is 2.33. The molecule has 1 atom stereocenters. The fourth-order valence-corrected chi connectivity index (χ4v) is 2.03. The smallest absolute Gasteiger partial charge is 0.290 e. The van der Waals surface area contributed by atoms with Gasteiger partial charge in [-0.15, -0.1) is 0 Å². The summed E-state index contributed by atoms with van der Waals surface area (Å²) in [6.07, 6.45) is 1.04. The molecule has 20 heavy (non-hydrogen) atoms. The van der Waals surface area contributed by atoms with Crippen molar-refractivity contribution in [3.63, 3.8) is 0 Å². The molecule has 0 radical (unpaired) electrons. The maximum absolute atomic E-state index is 12.0. The van der Waals surface area contributed by atoms with Crippen molar-refractivity contribution in [2.45, 2.75) is 25.8 Å². The van der Waals surface area contributed by atoms with Crippen LogP contribution in [0.3, 0.4) is 0 Å². The van der Waals surface area contributed by atoms with E-state index in [1.54, 1.807) is 0 Å². The van der Waals surface area contributed by atoms with E-state index in [9.17, 15) is 14.9 Å². The Bertz CT molecular complexity index is 522.